The zero-order chi connectivity index (χ0) is 19.5. The number of hydrogen-bond acceptors (Lipinski definition) is 4. The molecule has 0 spiro atoms. The van der Waals surface area contributed by atoms with Crippen LogP contribution in [0, 0.1) is 20.8 Å². The highest BCUT2D eigenvalue weighted by Gasteiger charge is 2.45. The Morgan fingerprint density at radius 1 is 1.00 bits per heavy atom. The Morgan fingerprint density at radius 3 is 2.48 bits per heavy atom. The van der Waals surface area contributed by atoms with Crippen molar-refractivity contribution in [3.63, 3.8) is 0 Å². The first-order valence-electron chi connectivity index (χ1n) is 8.55. The van der Waals surface area contributed by atoms with Crippen LogP contribution in [0.2, 0.25) is 0 Å². The summed E-state index contributed by atoms with van der Waals surface area (Å²) < 4.78 is 27.9. The second-order valence-electron chi connectivity index (χ2n) is 6.91. The standard InChI is InChI=1S/C21H18BrNO3S/c1-12-4-9-20(14(3)13(12)2)27(25,26)21-19(24)11-17-8-6-15-5-7-16(22)10-18(15)23(17)21/h4-11,21H,1-3H3. The minimum Gasteiger partial charge on any atom is -0.316 e. The molecule has 0 bridgehead atoms. The molecule has 0 aromatic heterocycles. The van der Waals surface area contributed by atoms with Gasteiger partial charge in [-0.2, -0.15) is 0 Å². The van der Waals surface area contributed by atoms with Gasteiger partial charge in [0.25, 0.3) is 0 Å². The van der Waals surface area contributed by atoms with Gasteiger partial charge in [-0.15, -0.1) is 0 Å². The van der Waals surface area contributed by atoms with Crippen LogP contribution in [-0.4, -0.2) is 19.6 Å². The summed E-state index contributed by atoms with van der Waals surface area (Å²) in [7, 11) is -3.91. The van der Waals surface area contributed by atoms with Crippen molar-refractivity contribution in [2.45, 2.75) is 31.0 Å². The Balaban J connectivity index is 1.90. The van der Waals surface area contributed by atoms with Crippen LogP contribution >= 0.6 is 15.9 Å². The molecule has 2 aliphatic heterocycles. The molecule has 4 rings (SSSR count). The van der Waals surface area contributed by atoms with Gasteiger partial charge >= 0.3 is 0 Å². The van der Waals surface area contributed by atoms with E-state index in [1.165, 1.54) is 6.08 Å². The third-order valence-electron chi connectivity index (χ3n) is 5.34. The van der Waals surface area contributed by atoms with Crippen molar-refractivity contribution in [2.24, 2.45) is 0 Å². The van der Waals surface area contributed by atoms with Crippen LogP contribution in [0.1, 0.15) is 22.3 Å². The summed E-state index contributed by atoms with van der Waals surface area (Å²) in [6.07, 6.45) is 5.10. The highest BCUT2D eigenvalue weighted by atomic mass is 79.9. The summed E-state index contributed by atoms with van der Waals surface area (Å²) in [5.74, 6) is -0.417. The monoisotopic (exact) mass is 443 g/mol. The van der Waals surface area contributed by atoms with Crippen molar-refractivity contribution in [1.29, 1.82) is 0 Å². The number of halogens is 1. The third kappa shape index (κ3) is 2.70. The molecule has 1 unspecified atom stereocenters. The molecule has 0 N–H and O–H groups in total. The van der Waals surface area contributed by atoms with Gasteiger partial charge in [-0.05, 0) is 67.3 Å². The molecule has 0 saturated carbocycles. The molecule has 1 atom stereocenters. The summed E-state index contributed by atoms with van der Waals surface area (Å²) in [5, 5.41) is -1.29. The van der Waals surface area contributed by atoms with Gasteiger partial charge < -0.3 is 4.90 Å². The average molecular weight is 444 g/mol. The van der Waals surface area contributed by atoms with Crippen LogP contribution in [0.15, 0.2) is 57.5 Å². The van der Waals surface area contributed by atoms with Crippen LogP contribution in [0.25, 0.3) is 6.08 Å². The topological polar surface area (TPSA) is 54.5 Å². The van der Waals surface area contributed by atoms with Crippen LogP contribution in [0.5, 0.6) is 0 Å². The van der Waals surface area contributed by atoms with Gasteiger partial charge in [-0.3, -0.25) is 4.79 Å². The Labute approximate surface area is 167 Å². The maximum Gasteiger partial charge on any atom is 0.207 e. The average Bonchev–Trinajstić information content (AvgIpc) is 2.96. The maximum absolute atomic E-state index is 13.5. The van der Waals surface area contributed by atoms with Gasteiger partial charge in [0.15, 0.2) is 5.78 Å². The fourth-order valence-electron chi connectivity index (χ4n) is 3.64. The van der Waals surface area contributed by atoms with E-state index in [-0.39, 0.29) is 4.90 Å². The summed E-state index contributed by atoms with van der Waals surface area (Å²) in [5.41, 5.74) is 4.83. The van der Waals surface area contributed by atoms with Crippen molar-refractivity contribution in [3.8, 4) is 0 Å². The molecule has 138 valence electrons. The molecule has 2 aromatic rings. The molecule has 27 heavy (non-hydrogen) atoms. The second-order valence-corrected chi connectivity index (χ2v) is 9.80. The van der Waals surface area contributed by atoms with E-state index in [9.17, 15) is 13.2 Å². The number of aryl methyl sites for hydroxylation is 1. The molecule has 6 heteroatoms. The van der Waals surface area contributed by atoms with E-state index in [0.29, 0.717) is 16.9 Å². The van der Waals surface area contributed by atoms with E-state index in [4.69, 9.17) is 0 Å². The van der Waals surface area contributed by atoms with E-state index >= 15 is 0 Å². The van der Waals surface area contributed by atoms with E-state index in [1.807, 2.05) is 38.1 Å². The number of anilines is 1. The smallest absolute Gasteiger partial charge is 0.207 e. The molecule has 4 nitrogen and oxygen atoms in total. The molecule has 0 fully saturated rings. The fraction of sp³-hybridized carbons (Fsp3) is 0.190. The zero-order valence-corrected chi connectivity index (χ0v) is 17.6. The lowest BCUT2D eigenvalue weighted by Gasteiger charge is -2.31. The molecule has 0 aliphatic carbocycles. The second kappa shape index (κ2) is 6.17. The van der Waals surface area contributed by atoms with Crippen LogP contribution in [0.3, 0.4) is 0 Å². The van der Waals surface area contributed by atoms with Gasteiger partial charge in [0, 0.05) is 16.2 Å². The number of benzene rings is 2. The minimum absolute atomic E-state index is 0.213. The Morgan fingerprint density at radius 2 is 1.74 bits per heavy atom. The van der Waals surface area contributed by atoms with Crippen molar-refractivity contribution in [1.82, 2.24) is 0 Å². The zero-order valence-electron chi connectivity index (χ0n) is 15.2. The summed E-state index contributed by atoms with van der Waals surface area (Å²) in [4.78, 5) is 14.6. The summed E-state index contributed by atoms with van der Waals surface area (Å²) in [6, 6.07) is 9.05. The van der Waals surface area contributed by atoms with Crippen LogP contribution in [0.4, 0.5) is 5.69 Å². The SMILES string of the molecule is Cc1ccc(S(=O)(=O)C2C(=O)C=C3C=Cc4ccc(Br)cc4N32)c(C)c1C. The number of sulfone groups is 1. The first kappa shape index (κ1) is 18.2. The van der Waals surface area contributed by atoms with Crippen LogP contribution < -0.4 is 4.90 Å². The quantitative estimate of drug-likeness (QED) is 0.686. The van der Waals surface area contributed by atoms with Gasteiger partial charge in [0.05, 0.1) is 10.6 Å². The molecule has 2 aliphatic rings. The highest BCUT2D eigenvalue weighted by molar-refractivity contribution is 9.10. The van der Waals surface area contributed by atoms with E-state index < -0.39 is 21.0 Å². The fourth-order valence-corrected chi connectivity index (χ4v) is 5.95. The number of allylic oxidation sites excluding steroid dienone is 1. The molecule has 2 aromatic carbocycles. The molecular formula is C21H18BrNO3S. The Bertz CT molecular complexity index is 1160. The molecule has 0 radical (unpaired) electrons. The first-order valence-corrected chi connectivity index (χ1v) is 10.9. The lowest BCUT2D eigenvalue weighted by molar-refractivity contribution is -0.113. The lowest BCUT2D eigenvalue weighted by Crippen LogP contribution is -2.42. The van der Waals surface area contributed by atoms with Crippen molar-refractivity contribution >= 4 is 43.3 Å². The normalized spacial score (nSPS) is 18.4. The lowest BCUT2D eigenvalue weighted by atomic mass is 10.1. The highest BCUT2D eigenvalue weighted by Crippen LogP contribution is 2.41. The summed E-state index contributed by atoms with van der Waals surface area (Å²) in [6.45, 7) is 5.64. The maximum atomic E-state index is 13.5. The van der Waals surface area contributed by atoms with E-state index in [1.54, 1.807) is 30.0 Å². The Hall–Kier alpha value is -2.18. The van der Waals surface area contributed by atoms with Gasteiger partial charge in [0.1, 0.15) is 0 Å². The van der Waals surface area contributed by atoms with Crippen molar-refractivity contribution in [3.05, 3.63) is 74.9 Å². The Kier molecular flexibility index (Phi) is 4.16. The summed E-state index contributed by atoms with van der Waals surface area (Å²) >= 11 is 3.44. The minimum atomic E-state index is -3.91. The van der Waals surface area contributed by atoms with Crippen molar-refractivity contribution in [2.75, 3.05) is 4.90 Å². The number of fused-ring (bicyclic) bond motifs is 3. The van der Waals surface area contributed by atoms with Gasteiger partial charge in [0.2, 0.25) is 15.2 Å². The predicted molar refractivity (Wildman–Crippen MR) is 110 cm³/mol. The third-order valence-corrected chi connectivity index (χ3v) is 7.92. The molecule has 0 saturated heterocycles. The van der Waals surface area contributed by atoms with Crippen LogP contribution in [-0.2, 0) is 14.6 Å². The van der Waals surface area contributed by atoms with Gasteiger partial charge in [-0.25, -0.2) is 8.42 Å². The number of rotatable bonds is 2. The molecule has 0 amide bonds. The van der Waals surface area contributed by atoms with E-state index in [0.717, 1.165) is 21.2 Å². The first-order chi connectivity index (χ1) is 12.7. The van der Waals surface area contributed by atoms with E-state index in [2.05, 4.69) is 15.9 Å². The number of nitrogens with zero attached hydrogens (tertiary/aromatic N) is 1. The number of carbonyl (C=O) groups is 1. The van der Waals surface area contributed by atoms with Gasteiger partial charge in [-0.1, -0.05) is 34.1 Å². The van der Waals surface area contributed by atoms with Crippen molar-refractivity contribution < 1.29 is 13.2 Å². The predicted octanol–water partition coefficient (Wildman–Crippen LogP) is 4.47. The number of hydrogen-bond donors (Lipinski definition) is 0. The largest absolute Gasteiger partial charge is 0.316 e. The number of carbonyl (C=O) groups excluding carboxylic acids is 1. The molecular weight excluding hydrogens is 426 g/mol. The number of ketones is 1. The molecule has 2 heterocycles.